The third-order valence-electron chi connectivity index (χ3n) is 9.96. The molecule has 3 heterocycles. The first-order valence-electron chi connectivity index (χ1n) is 17.5. The second-order valence-corrected chi connectivity index (χ2v) is 13.1. The Morgan fingerprint density at radius 2 is 0.788 bits per heavy atom. The van der Waals surface area contributed by atoms with Crippen molar-refractivity contribution in [1.29, 1.82) is 0 Å². The highest BCUT2D eigenvalue weighted by molar-refractivity contribution is 6.06. The van der Waals surface area contributed by atoms with Crippen LogP contribution in [-0.4, -0.2) is 9.97 Å². The Balaban J connectivity index is 1.02. The van der Waals surface area contributed by atoms with E-state index in [9.17, 15) is 0 Å². The lowest BCUT2D eigenvalue weighted by Gasteiger charge is -2.26. The molecule has 0 unspecified atom stereocenters. The van der Waals surface area contributed by atoms with Gasteiger partial charge in [-0.1, -0.05) is 84.9 Å². The predicted molar refractivity (Wildman–Crippen MR) is 215 cm³/mol. The van der Waals surface area contributed by atoms with Crippen LogP contribution in [0.25, 0.3) is 77.1 Å². The van der Waals surface area contributed by atoms with Crippen molar-refractivity contribution in [2.75, 3.05) is 4.90 Å². The summed E-state index contributed by atoms with van der Waals surface area (Å²) in [5.41, 5.74) is 14.0. The Kier molecular flexibility index (Phi) is 7.10. The van der Waals surface area contributed by atoms with Crippen LogP contribution in [0.1, 0.15) is 0 Å². The molecule has 7 aromatic carbocycles. The molecule has 0 aliphatic carbocycles. The van der Waals surface area contributed by atoms with E-state index in [-0.39, 0.29) is 0 Å². The quantitative estimate of drug-likeness (QED) is 0.177. The van der Waals surface area contributed by atoms with E-state index in [0.29, 0.717) is 0 Å². The van der Waals surface area contributed by atoms with Gasteiger partial charge in [0.15, 0.2) is 0 Å². The molecule has 244 valence electrons. The van der Waals surface area contributed by atoms with Crippen molar-refractivity contribution in [2.24, 2.45) is 0 Å². The molecule has 0 N–H and O–H groups in total. The Labute approximate surface area is 300 Å². The smallest absolute Gasteiger partial charge is 0.135 e. The molecule has 0 amide bonds. The Morgan fingerprint density at radius 1 is 0.346 bits per heavy atom. The number of nitrogens with zero attached hydrogens (tertiary/aromatic N) is 3. The van der Waals surface area contributed by atoms with Gasteiger partial charge in [-0.15, -0.1) is 0 Å². The van der Waals surface area contributed by atoms with Gasteiger partial charge in [0.2, 0.25) is 0 Å². The Hall–Kier alpha value is -7.04. The molecule has 0 saturated heterocycles. The number of furan rings is 1. The van der Waals surface area contributed by atoms with Crippen LogP contribution in [0.15, 0.2) is 193 Å². The normalized spacial score (nSPS) is 11.5. The zero-order valence-electron chi connectivity index (χ0n) is 28.1. The Bertz CT molecular complexity index is 2770. The zero-order chi connectivity index (χ0) is 34.4. The van der Waals surface area contributed by atoms with E-state index < -0.39 is 0 Å². The maximum atomic E-state index is 6.09. The third-order valence-corrected chi connectivity index (χ3v) is 9.96. The fraction of sp³-hybridized carbons (Fsp3) is 0. The Morgan fingerprint density at radius 3 is 1.33 bits per heavy atom. The molecule has 0 saturated carbocycles. The lowest BCUT2D eigenvalue weighted by atomic mass is 10.0. The number of hydrogen-bond acceptors (Lipinski definition) is 4. The third kappa shape index (κ3) is 5.34. The summed E-state index contributed by atoms with van der Waals surface area (Å²) in [4.78, 5) is 11.3. The van der Waals surface area contributed by atoms with E-state index in [0.717, 1.165) is 83.1 Å². The summed E-state index contributed by atoms with van der Waals surface area (Å²) in [5, 5.41) is 4.53. The van der Waals surface area contributed by atoms with E-state index in [1.165, 1.54) is 11.1 Å². The number of benzene rings is 7. The van der Waals surface area contributed by atoms with Crippen molar-refractivity contribution in [3.63, 3.8) is 0 Å². The summed E-state index contributed by atoms with van der Waals surface area (Å²) < 4.78 is 6.09. The SMILES string of the molecule is c1cnc2ccc(-c3ccc(N(c4ccc(-c5ccc6ncccc6c5)cc4)c4ccc(-c5ccc6oc7ccccc7c6c5)cc4)cc3)cc2c1. The second-order valence-electron chi connectivity index (χ2n) is 13.1. The van der Waals surface area contributed by atoms with Crippen LogP contribution in [0.3, 0.4) is 0 Å². The average molecular weight is 666 g/mol. The summed E-state index contributed by atoms with van der Waals surface area (Å²) in [7, 11) is 0. The molecular weight excluding hydrogens is 635 g/mol. The minimum absolute atomic E-state index is 0.903. The number of hydrogen-bond donors (Lipinski definition) is 0. The predicted octanol–water partition coefficient (Wildman–Crippen LogP) is 13.2. The summed E-state index contributed by atoms with van der Waals surface area (Å²) in [5.74, 6) is 0. The molecule has 10 rings (SSSR count). The number of aromatic nitrogens is 2. The van der Waals surface area contributed by atoms with Crippen LogP contribution >= 0.6 is 0 Å². The maximum absolute atomic E-state index is 6.09. The summed E-state index contributed by atoms with van der Waals surface area (Å²) >= 11 is 0. The largest absolute Gasteiger partial charge is 0.456 e. The van der Waals surface area contributed by atoms with Gasteiger partial charge < -0.3 is 9.32 Å². The highest BCUT2D eigenvalue weighted by Crippen LogP contribution is 2.39. The van der Waals surface area contributed by atoms with Crippen LogP contribution in [0.4, 0.5) is 17.1 Å². The molecular formula is C48H31N3O. The second kappa shape index (κ2) is 12.4. The molecule has 0 fully saturated rings. The highest BCUT2D eigenvalue weighted by Gasteiger charge is 2.15. The van der Waals surface area contributed by atoms with Gasteiger partial charge in [-0.3, -0.25) is 9.97 Å². The molecule has 4 heteroatoms. The van der Waals surface area contributed by atoms with Crippen molar-refractivity contribution in [1.82, 2.24) is 9.97 Å². The minimum Gasteiger partial charge on any atom is -0.456 e. The first-order valence-corrected chi connectivity index (χ1v) is 17.5. The number of pyridine rings is 2. The fourth-order valence-electron chi connectivity index (χ4n) is 7.27. The fourth-order valence-corrected chi connectivity index (χ4v) is 7.27. The van der Waals surface area contributed by atoms with Gasteiger partial charge in [0.1, 0.15) is 11.2 Å². The first kappa shape index (κ1) is 29.8. The molecule has 0 aliphatic heterocycles. The van der Waals surface area contributed by atoms with Gasteiger partial charge >= 0.3 is 0 Å². The van der Waals surface area contributed by atoms with Crippen LogP contribution in [0, 0.1) is 0 Å². The summed E-state index contributed by atoms with van der Waals surface area (Å²) in [6.45, 7) is 0. The maximum Gasteiger partial charge on any atom is 0.135 e. The van der Waals surface area contributed by atoms with E-state index in [1.807, 2.05) is 36.7 Å². The lowest BCUT2D eigenvalue weighted by Crippen LogP contribution is -2.09. The summed E-state index contributed by atoms with van der Waals surface area (Å²) in [6.07, 6.45) is 3.67. The van der Waals surface area contributed by atoms with Gasteiger partial charge in [0.25, 0.3) is 0 Å². The van der Waals surface area contributed by atoms with Gasteiger partial charge in [-0.25, -0.2) is 0 Å². The first-order chi connectivity index (χ1) is 25.7. The van der Waals surface area contributed by atoms with Gasteiger partial charge in [-0.2, -0.15) is 0 Å². The molecule has 0 aliphatic rings. The van der Waals surface area contributed by atoms with Crippen molar-refractivity contribution < 1.29 is 4.42 Å². The molecule has 0 atom stereocenters. The molecule has 0 spiro atoms. The molecule has 52 heavy (non-hydrogen) atoms. The summed E-state index contributed by atoms with van der Waals surface area (Å²) in [6, 6.07) is 62.2. The number of rotatable bonds is 6. The van der Waals surface area contributed by atoms with Gasteiger partial charge in [0, 0.05) is 51.0 Å². The molecule has 0 bridgehead atoms. The van der Waals surface area contributed by atoms with Crippen molar-refractivity contribution in [3.05, 3.63) is 188 Å². The van der Waals surface area contributed by atoms with Crippen LogP contribution in [0.5, 0.6) is 0 Å². The molecule has 10 aromatic rings. The standard InChI is InChI=1S/C48H31N3O/c1-2-8-47-43(7-1)44-31-37(17-26-48(44)52-47)34-13-22-42(23-14-34)51(40-18-9-32(10-19-40)35-15-24-45-38(29-35)5-3-27-49-45)41-20-11-33(12-21-41)36-16-25-46-39(30-36)6-4-28-50-46/h1-31H. The van der Waals surface area contributed by atoms with E-state index in [1.54, 1.807) is 0 Å². The van der Waals surface area contributed by atoms with Crippen molar-refractivity contribution in [2.45, 2.75) is 0 Å². The number of para-hydroxylation sites is 1. The molecule has 0 radical (unpaired) electrons. The molecule has 4 nitrogen and oxygen atoms in total. The van der Waals surface area contributed by atoms with E-state index in [2.05, 4.69) is 167 Å². The lowest BCUT2D eigenvalue weighted by molar-refractivity contribution is 0.669. The zero-order valence-corrected chi connectivity index (χ0v) is 28.1. The topological polar surface area (TPSA) is 42.2 Å². The van der Waals surface area contributed by atoms with Crippen molar-refractivity contribution in [3.8, 4) is 33.4 Å². The van der Waals surface area contributed by atoms with Crippen LogP contribution < -0.4 is 4.90 Å². The molecule has 3 aromatic heterocycles. The van der Waals surface area contributed by atoms with E-state index >= 15 is 0 Å². The van der Waals surface area contributed by atoms with Gasteiger partial charge in [-0.05, 0) is 124 Å². The van der Waals surface area contributed by atoms with Gasteiger partial charge in [0.05, 0.1) is 11.0 Å². The van der Waals surface area contributed by atoms with Crippen LogP contribution in [0.2, 0.25) is 0 Å². The minimum atomic E-state index is 0.903. The number of anilines is 3. The monoisotopic (exact) mass is 665 g/mol. The average Bonchev–Trinajstić information content (AvgIpc) is 3.59. The highest BCUT2D eigenvalue weighted by atomic mass is 16.3. The number of fused-ring (bicyclic) bond motifs is 5. The van der Waals surface area contributed by atoms with Crippen molar-refractivity contribution >= 4 is 60.8 Å². The van der Waals surface area contributed by atoms with E-state index in [4.69, 9.17) is 4.42 Å². The van der Waals surface area contributed by atoms with Crippen LogP contribution in [-0.2, 0) is 0 Å².